The molecule has 50 heavy (non-hydrogen) atoms. The third-order valence-electron chi connectivity index (χ3n) is 9.90. The SMILES string of the molecule is CCCCCCCCC/C=C/C(=Nc1ccc(CCCC)c(CCCC)c1)C(CCCCCC)=Nc1ccc(CCCC)c(CCCC)c1.[Pd]. The van der Waals surface area contributed by atoms with Crippen molar-refractivity contribution in [2.75, 3.05) is 0 Å². The van der Waals surface area contributed by atoms with Crippen LogP contribution in [0.1, 0.15) is 199 Å². The Morgan fingerprint density at radius 3 is 1.38 bits per heavy atom. The standard InChI is InChI=1S/C47H76N2.Pd/c1-7-13-19-21-22-23-24-25-27-33-47(49-45-37-35-41(29-16-10-4)43(39-45)31-18-12-6)46(32-26-20-14-8-2)48-44-36-34-40(28-15-9-3)42(38-44)30-17-11-5;/h27,33-39H,7-26,28-32H2,1-6H3;/b33-27+,48-46?,49-47?;. The molecule has 0 aliphatic rings. The van der Waals surface area contributed by atoms with E-state index in [0.717, 1.165) is 54.9 Å². The first kappa shape index (κ1) is 46.2. The Bertz CT molecular complexity index is 1220. The molecule has 0 N–H and O–H groups in total. The summed E-state index contributed by atoms with van der Waals surface area (Å²) in [6, 6.07) is 14.1. The van der Waals surface area contributed by atoms with E-state index in [9.17, 15) is 0 Å². The van der Waals surface area contributed by atoms with Gasteiger partial charge in [0, 0.05) is 20.4 Å². The average Bonchev–Trinajstić information content (AvgIpc) is 3.12. The van der Waals surface area contributed by atoms with Crippen LogP contribution in [0.3, 0.4) is 0 Å². The Balaban J connectivity index is 0.0000125. The number of nitrogens with zero attached hydrogens (tertiary/aromatic N) is 2. The summed E-state index contributed by atoms with van der Waals surface area (Å²) in [6.45, 7) is 13.8. The summed E-state index contributed by atoms with van der Waals surface area (Å²) < 4.78 is 0. The van der Waals surface area contributed by atoms with Gasteiger partial charge in [-0.3, -0.25) is 4.99 Å². The van der Waals surface area contributed by atoms with E-state index < -0.39 is 0 Å². The van der Waals surface area contributed by atoms with Gasteiger partial charge < -0.3 is 0 Å². The number of rotatable bonds is 29. The van der Waals surface area contributed by atoms with Gasteiger partial charge in [-0.1, -0.05) is 143 Å². The summed E-state index contributed by atoms with van der Waals surface area (Å²) in [5, 5.41) is 0. The molecule has 0 unspecified atom stereocenters. The Morgan fingerprint density at radius 1 is 0.460 bits per heavy atom. The first-order valence-corrected chi connectivity index (χ1v) is 21.2. The van der Waals surface area contributed by atoms with Crippen molar-refractivity contribution in [2.24, 2.45) is 9.98 Å². The van der Waals surface area contributed by atoms with Crippen molar-refractivity contribution < 1.29 is 20.4 Å². The molecule has 0 saturated heterocycles. The Kier molecular flexibility index (Phi) is 28.4. The molecule has 284 valence electrons. The van der Waals surface area contributed by atoms with Gasteiger partial charge in [-0.2, -0.15) is 0 Å². The molecule has 2 aromatic rings. The molecule has 0 radical (unpaired) electrons. The minimum absolute atomic E-state index is 0. The fourth-order valence-corrected chi connectivity index (χ4v) is 6.65. The third kappa shape index (κ3) is 19.7. The molecule has 0 heterocycles. The van der Waals surface area contributed by atoms with E-state index in [1.165, 1.54) is 151 Å². The molecule has 0 spiro atoms. The molecule has 0 fully saturated rings. The maximum atomic E-state index is 5.46. The Morgan fingerprint density at radius 2 is 0.880 bits per heavy atom. The van der Waals surface area contributed by atoms with Crippen LogP contribution in [0.4, 0.5) is 11.4 Å². The van der Waals surface area contributed by atoms with Crippen molar-refractivity contribution in [2.45, 2.75) is 202 Å². The monoisotopic (exact) mass is 775 g/mol. The van der Waals surface area contributed by atoms with Crippen molar-refractivity contribution in [3.8, 4) is 0 Å². The molecule has 0 aromatic heterocycles. The summed E-state index contributed by atoms with van der Waals surface area (Å²) in [5.41, 5.74) is 10.4. The maximum Gasteiger partial charge on any atom is 0.0848 e. The number of benzene rings is 2. The second kappa shape index (κ2) is 30.8. The molecule has 0 aliphatic heterocycles. The Labute approximate surface area is 324 Å². The molecule has 0 aliphatic carbocycles. The first-order chi connectivity index (χ1) is 24.1. The molecular weight excluding hydrogens is 699 g/mol. The summed E-state index contributed by atoms with van der Waals surface area (Å²) in [6.07, 6.45) is 35.6. The predicted octanol–water partition coefficient (Wildman–Crippen LogP) is 15.6. The smallest absolute Gasteiger partial charge is 0.0848 e. The van der Waals surface area contributed by atoms with Crippen LogP contribution in [0.25, 0.3) is 0 Å². The van der Waals surface area contributed by atoms with E-state index in [2.05, 4.69) is 90.1 Å². The molecule has 2 aromatic carbocycles. The molecule has 0 amide bonds. The van der Waals surface area contributed by atoms with Gasteiger partial charge in [0.2, 0.25) is 0 Å². The van der Waals surface area contributed by atoms with Crippen molar-refractivity contribution >= 4 is 22.8 Å². The van der Waals surface area contributed by atoms with Crippen LogP contribution in [-0.4, -0.2) is 11.4 Å². The van der Waals surface area contributed by atoms with Gasteiger partial charge in [0.05, 0.1) is 22.8 Å². The van der Waals surface area contributed by atoms with Gasteiger partial charge in [0.1, 0.15) is 0 Å². The number of aryl methyl sites for hydroxylation is 4. The quantitative estimate of drug-likeness (QED) is 0.0447. The summed E-state index contributed by atoms with van der Waals surface area (Å²) in [5.74, 6) is 0. The zero-order valence-corrected chi connectivity index (χ0v) is 35.1. The van der Waals surface area contributed by atoms with Crippen molar-refractivity contribution in [1.82, 2.24) is 0 Å². The average molecular weight is 776 g/mol. The molecule has 0 bridgehead atoms. The minimum Gasteiger partial charge on any atom is -0.251 e. The number of unbranched alkanes of at least 4 members (excludes halogenated alkanes) is 14. The summed E-state index contributed by atoms with van der Waals surface area (Å²) in [4.78, 5) is 10.9. The molecule has 3 heteroatoms. The van der Waals surface area contributed by atoms with Crippen molar-refractivity contribution in [3.05, 3.63) is 70.8 Å². The van der Waals surface area contributed by atoms with Crippen LogP contribution < -0.4 is 0 Å². The normalized spacial score (nSPS) is 12.2. The third-order valence-corrected chi connectivity index (χ3v) is 9.90. The van der Waals surface area contributed by atoms with E-state index in [4.69, 9.17) is 9.98 Å². The van der Waals surface area contributed by atoms with Crippen molar-refractivity contribution in [1.29, 1.82) is 0 Å². The minimum atomic E-state index is 0. The fraction of sp³-hybridized carbons (Fsp3) is 0.660. The fourth-order valence-electron chi connectivity index (χ4n) is 6.65. The van der Waals surface area contributed by atoms with Gasteiger partial charge in [-0.05, 0) is 130 Å². The van der Waals surface area contributed by atoms with Gasteiger partial charge in [0.15, 0.2) is 0 Å². The van der Waals surface area contributed by atoms with Crippen LogP contribution in [0.2, 0.25) is 0 Å². The Hall–Kier alpha value is -1.82. The largest absolute Gasteiger partial charge is 0.251 e. The maximum absolute atomic E-state index is 5.46. The second-order valence-corrected chi connectivity index (χ2v) is 14.5. The van der Waals surface area contributed by atoms with E-state index >= 15 is 0 Å². The predicted molar refractivity (Wildman–Crippen MR) is 222 cm³/mol. The first-order valence-electron chi connectivity index (χ1n) is 21.2. The van der Waals surface area contributed by atoms with Crippen LogP contribution in [0, 0.1) is 0 Å². The summed E-state index contributed by atoms with van der Waals surface area (Å²) >= 11 is 0. The van der Waals surface area contributed by atoms with Crippen LogP contribution in [0.15, 0.2) is 58.5 Å². The number of allylic oxidation sites excluding steroid dienone is 2. The zero-order valence-electron chi connectivity index (χ0n) is 33.5. The van der Waals surface area contributed by atoms with Gasteiger partial charge in [0.25, 0.3) is 0 Å². The van der Waals surface area contributed by atoms with E-state index in [1.807, 2.05) is 0 Å². The van der Waals surface area contributed by atoms with E-state index in [1.54, 1.807) is 0 Å². The molecule has 2 rings (SSSR count). The summed E-state index contributed by atoms with van der Waals surface area (Å²) in [7, 11) is 0. The molecule has 0 saturated carbocycles. The molecular formula is C47H76N2Pd. The van der Waals surface area contributed by atoms with Crippen molar-refractivity contribution in [3.63, 3.8) is 0 Å². The van der Waals surface area contributed by atoms with Crippen LogP contribution >= 0.6 is 0 Å². The van der Waals surface area contributed by atoms with Crippen LogP contribution in [0.5, 0.6) is 0 Å². The number of hydrogen-bond acceptors (Lipinski definition) is 2. The molecule has 2 nitrogen and oxygen atoms in total. The van der Waals surface area contributed by atoms with E-state index in [0.29, 0.717) is 0 Å². The van der Waals surface area contributed by atoms with Gasteiger partial charge >= 0.3 is 0 Å². The second-order valence-electron chi connectivity index (χ2n) is 14.5. The zero-order chi connectivity index (χ0) is 35.4. The number of aliphatic imine (C=N–C) groups is 2. The number of hydrogen-bond donors (Lipinski definition) is 0. The van der Waals surface area contributed by atoms with E-state index in [-0.39, 0.29) is 20.4 Å². The van der Waals surface area contributed by atoms with Crippen LogP contribution in [-0.2, 0) is 46.1 Å². The van der Waals surface area contributed by atoms with Gasteiger partial charge in [-0.15, -0.1) is 0 Å². The van der Waals surface area contributed by atoms with Gasteiger partial charge in [-0.25, -0.2) is 4.99 Å². The topological polar surface area (TPSA) is 24.7 Å². The molecule has 0 atom stereocenters.